The molecular formula is C20H29ClN4O2. The highest BCUT2D eigenvalue weighted by Crippen LogP contribution is 2.39. The molecule has 2 heterocycles. The summed E-state index contributed by atoms with van der Waals surface area (Å²) in [4.78, 5) is 20.9. The van der Waals surface area contributed by atoms with Crippen LogP contribution < -0.4 is 5.32 Å². The molecule has 1 aliphatic rings. The van der Waals surface area contributed by atoms with Crippen molar-refractivity contribution < 1.29 is 9.53 Å². The van der Waals surface area contributed by atoms with Crippen molar-refractivity contribution in [3.05, 3.63) is 23.2 Å². The van der Waals surface area contributed by atoms with E-state index in [2.05, 4.69) is 26.8 Å². The molecule has 0 radical (unpaired) electrons. The lowest BCUT2D eigenvalue weighted by Crippen LogP contribution is -2.38. The number of alkyl carbamates (subject to hydrolysis) is 1. The Morgan fingerprint density at radius 1 is 1.33 bits per heavy atom. The van der Waals surface area contributed by atoms with Gasteiger partial charge in [0.25, 0.3) is 0 Å². The van der Waals surface area contributed by atoms with Crippen molar-refractivity contribution in [3.63, 3.8) is 0 Å². The predicted octanol–water partition coefficient (Wildman–Crippen LogP) is 5.35. The topological polar surface area (TPSA) is 69.0 Å². The quantitative estimate of drug-likeness (QED) is 0.715. The highest BCUT2D eigenvalue weighted by Gasteiger charge is 2.34. The van der Waals surface area contributed by atoms with E-state index in [4.69, 9.17) is 16.3 Å². The second-order valence-electron chi connectivity index (χ2n) is 8.75. The Balaban J connectivity index is 2.01. The van der Waals surface area contributed by atoms with Gasteiger partial charge in [-0.2, -0.15) is 4.98 Å². The standard InChI is InChI=1S/C20H29ClN4O2/c1-13(23-18(26)27-19(2,3)4)15-11-14-12-22-17(21)24-16(14)25(15)20(5)9-7-6-8-10-20/h11-13H,6-10H2,1-5H3,(H,23,26)/t13-/m0/s1. The molecule has 1 fully saturated rings. The SMILES string of the molecule is C[C@H](NC(=O)OC(C)(C)C)c1cc2cnc(Cl)nc2n1C1(C)CCCCC1. The molecule has 2 aromatic rings. The number of fused-ring (bicyclic) bond motifs is 1. The minimum atomic E-state index is -0.537. The summed E-state index contributed by atoms with van der Waals surface area (Å²) in [5.74, 6) is 0. The van der Waals surface area contributed by atoms with Crippen molar-refractivity contribution in [2.75, 3.05) is 0 Å². The number of nitrogens with one attached hydrogen (secondary N) is 1. The minimum absolute atomic E-state index is 0.0586. The van der Waals surface area contributed by atoms with Gasteiger partial charge in [0, 0.05) is 22.8 Å². The van der Waals surface area contributed by atoms with Crippen LogP contribution in [-0.2, 0) is 10.3 Å². The maximum Gasteiger partial charge on any atom is 0.408 e. The lowest BCUT2D eigenvalue weighted by atomic mass is 9.82. The van der Waals surface area contributed by atoms with Crippen molar-refractivity contribution in [1.29, 1.82) is 0 Å². The number of amides is 1. The number of hydrogen-bond acceptors (Lipinski definition) is 4. The summed E-state index contributed by atoms with van der Waals surface area (Å²) in [6.07, 6.45) is 7.09. The molecule has 0 unspecified atom stereocenters. The number of hydrogen-bond donors (Lipinski definition) is 1. The van der Waals surface area contributed by atoms with E-state index in [1.54, 1.807) is 6.20 Å². The molecule has 2 aromatic heterocycles. The van der Waals surface area contributed by atoms with E-state index in [9.17, 15) is 4.79 Å². The van der Waals surface area contributed by atoms with Gasteiger partial charge in [0.05, 0.1) is 6.04 Å². The van der Waals surface area contributed by atoms with Gasteiger partial charge in [-0.15, -0.1) is 0 Å². The molecule has 0 aromatic carbocycles. The normalized spacial score (nSPS) is 18.3. The van der Waals surface area contributed by atoms with Crippen LogP contribution in [0.2, 0.25) is 5.28 Å². The van der Waals surface area contributed by atoms with Crippen molar-refractivity contribution in [2.45, 2.75) is 83.9 Å². The van der Waals surface area contributed by atoms with E-state index >= 15 is 0 Å². The molecule has 0 bridgehead atoms. The first kappa shape index (κ1) is 19.9. The number of rotatable bonds is 3. The number of ether oxygens (including phenoxy) is 1. The third kappa shape index (κ3) is 4.37. The second kappa shape index (κ2) is 7.30. The van der Waals surface area contributed by atoms with Crippen LogP contribution in [0.15, 0.2) is 12.3 Å². The summed E-state index contributed by atoms with van der Waals surface area (Å²) in [7, 11) is 0. The molecule has 1 saturated carbocycles. The first-order chi connectivity index (χ1) is 12.6. The van der Waals surface area contributed by atoms with Gasteiger partial charge in [-0.1, -0.05) is 19.3 Å². The molecule has 1 amide bonds. The molecule has 1 aliphatic carbocycles. The molecule has 1 N–H and O–H groups in total. The Hall–Kier alpha value is -1.82. The summed E-state index contributed by atoms with van der Waals surface area (Å²) in [5, 5.41) is 4.13. The van der Waals surface area contributed by atoms with Gasteiger partial charge < -0.3 is 14.6 Å². The Morgan fingerprint density at radius 3 is 2.63 bits per heavy atom. The van der Waals surface area contributed by atoms with Gasteiger partial charge in [0.2, 0.25) is 5.28 Å². The number of carbonyl (C=O) groups is 1. The fourth-order valence-electron chi connectivity index (χ4n) is 3.97. The van der Waals surface area contributed by atoms with Crippen LogP contribution in [0.25, 0.3) is 11.0 Å². The Bertz CT molecular complexity index is 834. The third-order valence-electron chi connectivity index (χ3n) is 5.19. The van der Waals surface area contributed by atoms with E-state index in [1.807, 2.05) is 33.8 Å². The largest absolute Gasteiger partial charge is 0.444 e. The zero-order valence-electron chi connectivity index (χ0n) is 16.8. The molecule has 27 heavy (non-hydrogen) atoms. The molecule has 6 nitrogen and oxygen atoms in total. The third-order valence-corrected chi connectivity index (χ3v) is 5.37. The Kier molecular flexibility index (Phi) is 5.39. The van der Waals surface area contributed by atoms with Crippen LogP contribution in [0.1, 0.15) is 78.5 Å². The van der Waals surface area contributed by atoms with Crippen LogP contribution in [-0.4, -0.2) is 26.2 Å². The summed E-state index contributed by atoms with van der Waals surface area (Å²) < 4.78 is 7.69. The summed E-state index contributed by atoms with van der Waals surface area (Å²) in [6, 6.07) is 1.82. The maximum atomic E-state index is 12.3. The fraction of sp³-hybridized carbons (Fsp3) is 0.650. The van der Waals surface area contributed by atoms with Gasteiger partial charge in [0.1, 0.15) is 11.2 Å². The second-order valence-corrected chi connectivity index (χ2v) is 9.09. The van der Waals surface area contributed by atoms with Crippen molar-refractivity contribution >= 4 is 28.7 Å². The van der Waals surface area contributed by atoms with E-state index in [0.29, 0.717) is 0 Å². The average molecular weight is 393 g/mol. The number of aromatic nitrogens is 3. The van der Waals surface area contributed by atoms with Gasteiger partial charge in [0.15, 0.2) is 0 Å². The Morgan fingerprint density at radius 2 is 2.00 bits per heavy atom. The van der Waals surface area contributed by atoms with E-state index < -0.39 is 11.7 Å². The van der Waals surface area contributed by atoms with Crippen LogP contribution in [0.3, 0.4) is 0 Å². The van der Waals surface area contributed by atoms with Crippen LogP contribution in [0.5, 0.6) is 0 Å². The molecule has 1 atom stereocenters. The molecule has 0 aliphatic heterocycles. The van der Waals surface area contributed by atoms with Crippen LogP contribution in [0, 0.1) is 0 Å². The van der Waals surface area contributed by atoms with Crippen molar-refractivity contribution in [1.82, 2.24) is 19.9 Å². The molecule has 7 heteroatoms. The smallest absolute Gasteiger partial charge is 0.408 e. The molecule has 0 saturated heterocycles. The number of carbonyl (C=O) groups excluding carboxylic acids is 1. The number of nitrogens with zero attached hydrogens (tertiary/aromatic N) is 3. The molecule has 0 spiro atoms. The van der Waals surface area contributed by atoms with Gasteiger partial charge in [-0.3, -0.25) is 0 Å². The highest BCUT2D eigenvalue weighted by molar-refractivity contribution is 6.28. The summed E-state index contributed by atoms with van der Waals surface area (Å²) in [6.45, 7) is 9.81. The molecule has 3 rings (SSSR count). The fourth-order valence-corrected chi connectivity index (χ4v) is 4.10. The minimum Gasteiger partial charge on any atom is -0.444 e. The first-order valence-electron chi connectivity index (χ1n) is 9.63. The zero-order valence-corrected chi connectivity index (χ0v) is 17.6. The lowest BCUT2D eigenvalue weighted by Gasteiger charge is -2.38. The van der Waals surface area contributed by atoms with Crippen molar-refractivity contribution in [3.8, 4) is 0 Å². The van der Waals surface area contributed by atoms with Gasteiger partial charge >= 0.3 is 6.09 Å². The Labute approximate surface area is 165 Å². The van der Waals surface area contributed by atoms with Crippen molar-refractivity contribution in [2.24, 2.45) is 0 Å². The average Bonchev–Trinajstić information content (AvgIpc) is 2.93. The predicted molar refractivity (Wildman–Crippen MR) is 107 cm³/mol. The van der Waals surface area contributed by atoms with Crippen LogP contribution in [0.4, 0.5) is 4.79 Å². The van der Waals surface area contributed by atoms with Crippen LogP contribution >= 0.6 is 11.6 Å². The maximum absolute atomic E-state index is 12.3. The van der Waals surface area contributed by atoms with E-state index in [-0.39, 0.29) is 16.9 Å². The monoisotopic (exact) mass is 392 g/mol. The molecular weight excluding hydrogens is 364 g/mol. The lowest BCUT2D eigenvalue weighted by molar-refractivity contribution is 0.0504. The first-order valence-corrected chi connectivity index (χ1v) is 10.0. The van der Waals surface area contributed by atoms with Gasteiger partial charge in [-0.25, -0.2) is 9.78 Å². The van der Waals surface area contributed by atoms with E-state index in [0.717, 1.165) is 29.6 Å². The molecule has 148 valence electrons. The highest BCUT2D eigenvalue weighted by atomic mass is 35.5. The van der Waals surface area contributed by atoms with E-state index in [1.165, 1.54) is 19.3 Å². The zero-order chi connectivity index (χ0) is 19.8. The summed E-state index contributed by atoms with van der Waals surface area (Å²) >= 11 is 6.10. The van der Waals surface area contributed by atoms with Gasteiger partial charge in [-0.05, 0) is 65.1 Å². The number of halogens is 1. The summed E-state index contributed by atoms with van der Waals surface area (Å²) in [5.41, 5.74) is 1.23.